The first-order valence-electron chi connectivity index (χ1n) is 5.65. The van der Waals surface area contributed by atoms with Gasteiger partial charge in [0, 0.05) is 25.0 Å². The van der Waals surface area contributed by atoms with Crippen LogP contribution in [0.2, 0.25) is 0 Å². The first-order valence-corrected chi connectivity index (χ1v) is 5.65. The van der Waals surface area contributed by atoms with Crippen LogP contribution < -0.4 is 0 Å². The molecule has 1 aromatic rings. The summed E-state index contributed by atoms with van der Waals surface area (Å²) in [6.45, 7) is 0. The smallest absolute Gasteiger partial charge is 0.133 e. The zero-order valence-electron chi connectivity index (χ0n) is 8.65. The number of carbonyl (C=O) groups is 1. The lowest BCUT2D eigenvalue weighted by atomic mass is 9.70. The van der Waals surface area contributed by atoms with E-state index in [0.717, 1.165) is 32.1 Å². The Labute approximate surface area is 88.9 Å². The Hall–Kier alpha value is -1.25. The number of rotatable bonds is 0. The number of aryl methyl sites for hydroxylation is 1. The third-order valence-corrected chi connectivity index (χ3v) is 3.75. The lowest BCUT2D eigenvalue weighted by Crippen LogP contribution is -2.29. The average molecular weight is 202 g/mol. The fourth-order valence-corrected chi connectivity index (χ4v) is 2.99. The first kappa shape index (κ1) is 9.01. The van der Waals surface area contributed by atoms with E-state index in [-0.39, 0.29) is 0 Å². The van der Waals surface area contributed by atoms with Crippen molar-refractivity contribution in [3.63, 3.8) is 0 Å². The Balaban J connectivity index is 1.97. The molecule has 0 bridgehead atoms. The predicted molar refractivity (Wildman–Crippen MR) is 55.4 cm³/mol. The van der Waals surface area contributed by atoms with E-state index in [0.29, 0.717) is 17.6 Å². The fourth-order valence-electron chi connectivity index (χ4n) is 2.99. The van der Waals surface area contributed by atoms with Crippen molar-refractivity contribution in [1.82, 2.24) is 9.97 Å². The van der Waals surface area contributed by atoms with E-state index in [1.807, 2.05) is 6.20 Å². The number of hydrogen-bond donors (Lipinski definition) is 0. The Morgan fingerprint density at radius 3 is 3.13 bits per heavy atom. The summed E-state index contributed by atoms with van der Waals surface area (Å²) >= 11 is 0. The minimum Gasteiger partial charge on any atom is -0.300 e. The highest BCUT2D eigenvalue weighted by atomic mass is 16.1. The highest BCUT2D eigenvalue weighted by molar-refractivity contribution is 5.79. The maximum Gasteiger partial charge on any atom is 0.133 e. The molecule has 15 heavy (non-hydrogen) atoms. The molecule has 2 aliphatic carbocycles. The summed E-state index contributed by atoms with van der Waals surface area (Å²) in [6.07, 6.45) is 8.26. The molecule has 0 aromatic carbocycles. The standard InChI is InChI=1S/C12H14N2O/c15-10-3-4-11-8(5-10)1-2-9-6-13-7-14-12(9)11/h6-8,11H,1-5H2. The molecule has 1 saturated carbocycles. The number of aromatic nitrogens is 2. The molecule has 0 spiro atoms. The van der Waals surface area contributed by atoms with Gasteiger partial charge in [0.1, 0.15) is 12.1 Å². The normalized spacial score (nSPS) is 29.5. The maximum absolute atomic E-state index is 11.4. The number of hydrogen-bond acceptors (Lipinski definition) is 3. The molecule has 78 valence electrons. The van der Waals surface area contributed by atoms with Crippen LogP contribution in [0.3, 0.4) is 0 Å². The molecule has 3 nitrogen and oxygen atoms in total. The van der Waals surface area contributed by atoms with Crippen LogP contribution in [0.25, 0.3) is 0 Å². The second-order valence-corrected chi connectivity index (χ2v) is 4.62. The van der Waals surface area contributed by atoms with E-state index in [1.54, 1.807) is 6.33 Å². The highest BCUT2D eigenvalue weighted by Gasteiger charge is 2.35. The third kappa shape index (κ3) is 1.46. The van der Waals surface area contributed by atoms with Crippen molar-refractivity contribution in [1.29, 1.82) is 0 Å². The van der Waals surface area contributed by atoms with E-state index in [2.05, 4.69) is 9.97 Å². The number of fused-ring (bicyclic) bond motifs is 3. The van der Waals surface area contributed by atoms with Crippen LogP contribution in [-0.2, 0) is 11.2 Å². The number of Topliss-reactive ketones (excluding diaryl/α,β-unsaturated/α-hetero) is 1. The van der Waals surface area contributed by atoms with E-state index < -0.39 is 0 Å². The molecule has 3 rings (SSSR count). The van der Waals surface area contributed by atoms with Gasteiger partial charge in [0.05, 0.1) is 5.69 Å². The molecule has 0 amide bonds. The second-order valence-electron chi connectivity index (χ2n) is 4.62. The minimum absolute atomic E-state index is 0.439. The van der Waals surface area contributed by atoms with Crippen LogP contribution in [-0.4, -0.2) is 15.8 Å². The van der Waals surface area contributed by atoms with Crippen LogP contribution in [0, 0.1) is 5.92 Å². The van der Waals surface area contributed by atoms with E-state index >= 15 is 0 Å². The van der Waals surface area contributed by atoms with Crippen molar-refractivity contribution in [3.05, 3.63) is 23.8 Å². The van der Waals surface area contributed by atoms with Gasteiger partial charge in [0.25, 0.3) is 0 Å². The largest absolute Gasteiger partial charge is 0.300 e. The summed E-state index contributed by atoms with van der Waals surface area (Å²) in [6, 6.07) is 0. The molecular weight excluding hydrogens is 188 g/mol. The summed E-state index contributed by atoms with van der Waals surface area (Å²) in [5, 5.41) is 0. The summed E-state index contributed by atoms with van der Waals surface area (Å²) in [5.74, 6) is 1.51. The van der Waals surface area contributed by atoms with Crippen molar-refractivity contribution in [2.75, 3.05) is 0 Å². The molecule has 0 aliphatic heterocycles. The van der Waals surface area contributed by atoms with E-state index in [4.69, 9.17) is 0 Å². The third-order valence-electron chi connectivity index (χ3n) is 3.75. The Morgan fingerprint density at radius 1 is 1.27 bits per heavy atom. The van der Waals surface area contributed by atoms with Crippen LogP contribution >= 0.6 is 0 Å². The van der Waals surface area contributed by atoms with Gasteiger partial charge in [0.2, 0.25) is 0 Å². The van der Waals surface area contributed by atoms with Crippen molar-refractivity contribution in [2.45, 2.75) is 38.0 Å². The quantitative estimate of drug-likeness (QED) is 0.645. The molecule has 3 heteroatoms. The van der Waals surface area contributed by atoms with Gasteiger partial charge in [-0.2, -0.15) is 0 Å². The van der Waals surface area contributed by atoms with Gasteiger partial charge >= 0.3 is 0 Å². The minimum atomic E-state index is 0.439. The molecule has 2 unspecified atom stereocenters. The number of ketones is 1. The molecule has 1 fully saturated rings. The fraction of sp³-hybridized carbons (Fsp3) is 0.583. The molecule has 0 radical (unpaired) electrons. The SMILES string of the molecule is O=C1CCC2c3ncncc3CCC2C1. The second kappa shape index (κ2) is 3.40. The molecule has 0 saturated heterocycles. The maximum atomic E-state index is 11.4. The monoisotopic (exact) mass is 202 g/mol. The van der Waals surface area contributed by atoms with E-state index in [1.165, 1.54) is 11.3 Å². The molecule has 2 aliphatic rings. The van der Waals surface area contributed by atoms with Gasteiger partial charge in [-0.15, -0.1) is 0 Å². The van der Waals surface area contributed by atoms with Gasteiger partial charge < -0.3 is 0 Å². The molecule has 1 aromatic heterocycles. The zero-order valence-corrected chi connectivity index (χ0v) is 8.65. The average Bonchev–Trinajstić information content (AvgIpc) is 2.28. The summed E-state index contributed by atoms with van der Waals surface area (Å²) in [7, 11) is 0. The number of carbonyl (C=O) groups excluding carboxylic acids is 1. The Morgan fingerprint density at radius 2 is 2.20 bits per heavy atom. The van der Waals surface area contributed by atoms with E-state index in [9.17, 15) is 4.79 Å². The lowest BCUT2D eigenvalue weighted by molar-refractivity contribution is -0.122. The van der Waals surface area contributed by atoms with Crippen LogP contribution in [0.5, 0.6) is 0 Å². The molecular formula is C12H14N2O. The van der Waals surface area contributed by atoms with Crippen molar-refractivity contribution < 1.29 is 4.79 Å². The summed E-state index contributed by atoms with van der Waals surface area (Å²) in [4.78, 5) is 19.9. The van der Waals surface area contributed by atoms with Crippen LogP contribution in [0.15, 0.2) is 12.5 Å². The van der Waals surface area contributed by atoms with Crippen molar-refractivity contribution >= 4 is 5.78 Å². The van der Waals surface area contributed by atoms with Gasteiger partial charge in [-0.3, -0.25) is 4.79 Å². The topological polar surface area (TPSA) is 42.9 Å². The summed E-state index contributed by atoms with van der Waals surface area (Å²) in [5.41, 5.74) is 2.52. The van der Waals surface area contributed by atoms with Gasteiger partial charge in [-0.25, -0.2) is 9.97 Å². The Kier molecular flexibility index (Phi) is 2.04. The zero-order chi connectivity index (χ0) is 10.3. The lowest BCUT2D eigenvalue weighted by Gasteiger charge is -2.35. The van der Waals surface area contributed by atoms with Crippen molar-refractivity contribution in [2.24, 2.45) is 5.92 Å². The van der Waals surface area contributed by atoms with Gasteiger partial charge in [0.15, 0.2) is 0 Å². The summed E-state index contributed by atoms with van der Waals surface area (Å²) < 4.78 is 0. The molecule has 0 N–H and O–H groups in total. The van der Waals surface area contributed by atoms with Crippen LogP contribution in [0.4, 0.5) is 0 Å². The highest BCUT2D eigenvalue weighted by Crippen LogP contribution is 2.42. The van der Waals surface area contributed by atoms with Gasteiger partial charge in [-0.05, 0) is 30.7 Å². The predicted octanol–water partition coefficient (Wildman–Crippen LogP) is 1.88. The Bertz CT molecular complexity index is 402. The first-order chi connectivity index (χ1) is 7.34. The van der Waals surface area contributed by atoms with Crippen LogP contribution in [0.1, 0.15) is 42.9 Å². The molecule has 1 heterocycles. The molecule has 2 atom stereocenters. The number of nitrogens with zero attached hydrogens (tertiary/aromatic N) is 2. The van der Waals surface area contributed by atoms with Gasteiger partial charge in [-0.1, -0.05) is 0 Å². The van der Waals surface area contributed by atoms with Crippen molar-refractivity contribution in [3.8, 4) is 0 Å².